The molecule has 0 spiro atoms. The molecular formula is C19H29N3O. The number of carbonyl (C=O) groups is 1. The number of anilines is 1. The number of benzene rings is 1. The molecule has 0 aromatic heterocycles. The lowest BCUT2D eigenvalue weighted by Crippen LogP contribution is -2.29. The number of amides is 1. The average molecular weight is 315 g/mol. The number of carbonyl (C=O) groups excluding carboxylic acids is 1. The molecule has 0 heterocycles. The van der Waals surface area contributed by atoms with Gasteiger partial charge in [0.25, 0.3) is 5.91 Å². The van der Waals surface area contributed by atoms with E-state index >= 15 is 0 Å². The van der Waals surface area contributed by atoms with Crippen molar-refractivity contribution in [3.05, 3.63) is 29.8 Å². The van der Waals surface area contributed by atoms with E-state index in [4.69, 9.17) is 0 Å². The molecule has 0 bridgehead atoms. The second-order valence-corrected chi connectivity index (χ2v) is 6.43. The van der Waals surface area contributed by atoms with Crippen LogP contribution in [0.3, 0.4) is 0 Å². The molecule has 1 aromatic carbocycles. The van der Waals surface area contributed by atoms with E-state index < -0.39 is 0 Å². The summed E-state index contributed by atoms with van der Waals surface area (Å²) < 4.78 is 0. The summed E-state index contributed by atoms with van der Waals surface area (Å²) in [7, 11) is 0. The molecule has 1 aromatic rings. The van der Waals surface area contributed by atoms with E-state index in [0.717, 1.165) is 37.3 Å². The Bertz CT molecular complexity index is 534. The van der Waals surface area contributed by atoms with Gasteiger partial charge in [0.15, 0.2) is 0 Å². The summed E-state index contributed by atoms with van der Waals surface area (Å²) in [5.74, 6) is 0.793. The summed E-state index contributed by atoms with van der Waals surface area (Å²) in [6.07, 6.45) is 3.58. The highest BCUT2D eigenvalue weighted by atomic mass is 16.2. The standard InChI is InChI=1S/C19H29N3O/c1-5-22(6-2)17-12-10-16(11-13-17)19(23)21-20-18-14(3)8-7-9-15(18)4/h10-15H,5-9H2,1-4H3,(H,21,23)/t14-,15-/m1/s1. The predicted octanol–water partition coefficient (Wildman–Crippen LogP) is 4.07. The van der Waals surface area contributed by atoms with E-state index in [1.165, 1.54) is 6.42 Å². The lowest BCUT2D eigenvalue weighted by molar-refractivity contribution is 0.0954. The van der Waals surface area contributed by atoms with Crippen LogP contribution in [-0.4, -0.2) is 24.7 Å². The van der Waals surface area contributed by atoms with Crippen LogP contribution in [-0.2, 0) is 0 Å². The SMILES string of the molecule is CCN(CC)c1ccc(C(=O)NN=C2[C@H](C)CCC[C@H]2C)cc1. The Morgan fingerprint density at radius 1 is 1.13 bits per heavy atom. The molecule has 4 heteroatoms. The van der Waals surface area contributed by atoms with Crippen LogP contribution >= 0.6 is 0 Å². The zero-order chi connectivity index (χ0) is 16.8. The Hall–Kier alpha value is -1.84. The highest BCUT2D eigenvalue weighted by Gasteiger charge is 2.23. The van der Waals surface area contributed by atoms with Crippen LogP contribution < -0.4 is 10.3 Å². The van der Waals surface area contributed by atoms with E-state index in [9.17, 15) is 4.79 Å². The van der Waals surface area contributed by atoms with Gasteiger partial charge in [-0.25, -0.2) is 5.43 Å². The van der Waals surface area contributed by atoms with Crippen molar-refractivity contribution in [1.29, 1.82) is 0 Å². The number of nitrogens with zero attached hydrogens (tertiary/aromatic N) is 2. The Balaban J connectivity index is 2.03. The first-order valence-corrected chi connectivity index (χ1v) is 8.79. The Morgan fingerprint density at radius 3 is 2.22 bits per heavy atom. The summed E-state index contributed by atoms with van der Waals surface area (Å²) >= 11 is 0. The molecule has 1 aliphatic carbocycles. The molecule has 0 radical (unpaired) electrons. The molecule has 1 aliphatic rings. The number of hydrazone groups is 1. The first kappa shape index (κ1) is 17.5. The highest BCUT2D eigenvalue weighted by molar-refractivity contribution is 5.96. The molecular weight excluding hydrogens is 286 g/mol. The lowest BCUT2D eigenvalue weighted by Gasteiger charge is -2.26. The van der Waals surface area contributed by atoms with Gasteiger partial charge in [-0.3, -0.25) is 4.79 Å². The quantitative estimate of drug-likeness (QED) is 0.832. The van der Waals surface area contributed by atoms with E-state index in [2.05, 4.69) is 43.1 Å². The zero-order valence-corrected chi connectivity index (χ0v) is 14.8. The predicted molar refractivity (Wildman–Crippen MR) is 97.1 cm³/mol. The fourth-order valence-corrected chi connectivity index (χ4v) is 3.32. The minimum absolute atomic E-state index is 0.131. The molecule has 2 rings (SSSR count). The average Bonchev–Trinajstić information content (AvgIpc) is 2.56. The molecule has 1 amide bonds. The van der Waals surface area contributed by atoms with Gasteiger partial charge in [0.2, 0.25) is 0 Å². The minimum Gasteiger partial charge on any atom is -0.372 e. The largest absolute Gasteiger partial charge is 0.372 e. The molecule has 4 nitrogen and oxygen atoms in total. The van der Waals surface area contributed by atoms with E-state index in [-0.39, 0.29) is 5.91 Å². The smallest absolute Gasteiger partial charge is 0.271 e. The number of hydrogen-bond acceptors (Lipinski definition) is 3. The highest BCUT2D eigenvalue weighted by Crippen LogP contribution is 2.25. The Kier molecular flexibility index (Phi) is 6.20. The molecule has 23 heavy (non-hydrogen) atoms. The molecule has 0 saturated heterocycles. The van der Waals surface area contributed by atoms with Crippen LogP contribution in [0.5, 0.6) is 0 Å². The number of hydrogen-bond donors (Lipinski definition) is 1. The van der Waals surface area contributed by atoms with Crippen LogP contribution in [0.15, 0.2) is 29.4 Å². The van der Waals surface area contributed by atoms with Crippen molar-refractivity contribution < 1.29 is 4.79 Å². The van der Waals surface area contributed by atoms with Gasteiger partial charge in [-0.05, 0) is 62.8 Å². The number of nitrogens with one attached hydrogen (secondary N) is 1. The van der Waals surface area contributed by atoms with Crippen molar-refractivity contribution >= 4 is 17.3 Å². The van der Waals surface area contributed by atoms with Crippen molar-refractivity contribution in [2.24, 2.45) is 16.9 Å². The van der Waals surface area contributed by atoms with E-state index in [1.54, 1.807) is 0 Å². The van der Waals surface area contributed by atoms with Gasteiger partial charge in [0.05, 0.1) is 0 Å². The van der Waals surface area contributed by atoms with Crippen molar-refractivity contribution in [2.45, 2.75) is 47.0 Å². The third-order valence-corrected chi connectivity index (χ3v) is 4.83. The first-order chi connectivity index (χ1) is 11.1. The maximum absolute atomic E-state index is 12.3. The van der Waals surface area contributed by atoms with E-state index in [1.807, 2.05) is 24.3 Å². The van der Waals surface area contributed by atoms with Crippen LogP contribution in [0.25, 0.3) is 0 Å². The Labute approximate surface area is 140 Å². The third kappa shape index (κ3) is 4.34. The summed E-state index contributed by atoms with van der Waals surface area (Å²) in [5.41, 5.74) is 5.67. The van der Waals surface area contributed by atoms with Crippen molar-refractivity contribution in [1.82, 2.24) is 5.43 Å². The molecule has 126 valence electrons. The summed E-state index contributed by atoms with van der Waals surface area (Å²) in [6, 6.07) is 7.75. The lowest BCUT2D eigenvalue weighted by atomic mass is 9.81. The molecule has 2 atom stereocenters. The monoisotopic (exact) mass is 315 g/mol. The van der Waals surface area contributed by atoms with Crippen molar-refractivity contribution in [3.63, 3.8) is 0 Å². The minimum atomic E-state index is -0.131. The third-order valence-electron chi connectivity index (χ3n) is 4.83. The topological polar surface area (TPSA) is 44.7 Å². The molecule has 0 aliphatic heterocycles. The first-order valence-electron chi connectivity index (χ1n) is 8.79. The normalized spacial score (nSPS) is 21.0. The van der Waals surface area contributed by atoms with Crippen LogP contribution in [0.1, 0.15) is 57.3 Å². The van der Waals surface area contributed by atoms with Gasteiger partial charge >= 0.3 is 0 Å². The van der Waals surface area contributed by atoms with Gasteiger partial charge in [0.1, 0.15) is 0 Å². The fourth-order valence-electron chi connectivity index (χ4n) is 3.32. The maximum atomic E-state index is 12.3. The molecule has 0 unspecified atom stereocenters. The molecule has 1 fully saturated rings. The van der Waals surface area contributed by atoms with Gasteiger partial charge in [-0.15, -0.1) is 0 Å². The summed E-state index contributed by atoms with van der Waals surface area (Å²) in [4.78, 5) is 14.5. The summed E-state index contributed by atoms with van der Waals surface area (Å²) in [6.45, 7) is 10.6. The molecule has 1 N–H and O–H groups in total. The maximum Gasteiger partial charge on any atom is 0.271 e. The Morgan fingerprint density at radius 2 is 1.70 bits per heavy atom. The zero-order valence-electron chi connectivity index (χ0n) is 14.8. The van der Waals surface area contributed by atoms with Crippen molar-refractivity contribution in [3.8, 4) is 0 Å². The second kappa shape index (κ2) is 8.14. The van der Waals surface area contributed by atoms with Crippen LogP contribution in [0, 0.1) is 11.8 Å². The number of rotatable bonds is 5. The summed E-state index contributed by atoms with van der Waals surface area (Å²) in [5, 5.41) is 4.42. The van der Waals surface area contributed by atoms with E-state index in [0.29, 0.717) is 17.4 Å². The van der Waals surface area contributed by atoms with Gasteiger partial charge in [0, 0.05) is 30.1 Å². The molecule has 1 saturated carbocycles. The van der Waals surface area contributed by atoms with Crippen LogP contribution in [0.2, 0.25) is 0 Å². The van der Waals surface area contributed by atoms with Crippen molar-refractivity contribution in [2.75, 3.05) is 18.0 Å². The van der Waals surface area contributed by atoms with Gasteiger partial charge < -0.3 is 4.90 Å². The van der Waals surface area contributed by atoms with Gasteiger partial charge in [-0.1, -0.05) is 20.3 Å². The van der Waals surface area contributed by atoms with Crippen LogP contribution in [0.4, 0.5) is 5.69 Å². The second-order valence-electron chi connectivity index (χ2n) is 6.43. The van der Waals surface area contributed by atoms with Gasteiger partial charge in [-0.2, -0.15) is 5.10 Å². The fraction of sp³-hybridized carbons (Fsp3) is 0.579.